The Bertz CT molecular complexity index is 309. The van der Waals surface area contributed by atoms with Crippen LogP contribution in [0.4, 0.5) is 0 Å². The summed E-state index contributed by atoms with van der Waals surface area (Å²) in [4.78, 5) is 13.4. The van der Waals surface area contributed by atoms with Crippen LogP contribution in [0.1, 0.15) is 19.3 Å². The van der Waals surface area contributed by atoms with E-state index >= 15 is 0 Å². The summed E-state index contributed by atoms with van der Waals surface area (Å²) in [6.45, 7) is 5.15. The molecule has 4 aliphatic rings. The Kier molecular flexibility index (Phi) is 2.84. The van der Waals surface area contributed by atoms with Crippen LogP contribution in [0, 0.1) is 5.92 Å². The van der Waals surface area contributed by atoms with Gasteiger partial charge in [0.15, 0.2) is 0 Å². The first-order chi connectivity index (χ1) is 8.17. The summed E-state index contributed by atoms with van der Waals surface area (Å²) in [7, 11) is 0. The number of rotatable bonds is 4. The molecule has 4 fully saturated rings. The topological polar surface area (TPSA) is 64.6 Å². The second kappa shape index (κ2) is 4.23. The summed E-state index contributed by atoms with van der Waals surface area (Å²) < 4.78 is 0. The minimum Gasteiger partial charge on any atom is -0.481 e. The molecule has 0 aromatic carbocycles. The molecule has 0 aliphatic carbocycles. The van der Waals surface area contributed by atoms with Gasteiger partial charge in [0.1, 0.15) is 0 Å². The lowest BCUT2D eigenvalue weighted by atomic mass is 9.80. The Morgan fingerprint density at radius 3 is 2.53 bits per heavy atom. The molecule has 4 saturated heterocycles. The second-order valence-corrected chi connectivity index (χ2v) is 5.84. The van der Waals surface area contributed by atoms with E-state index in [1.807, 2.05) is 0 Å². The largest absolute Gasteiger partial charge is 0.481 e. The van der Waals surface area contributed by atoms with Crippen LogP contribution < -0.4 is 10.6 Å². The smallest absolute Gasteiger partial charge is 0.305 e. The Labute approximate surface area is 102 Å². The van der Waals surface area contributed by atoms with Crippen molar-refractivity contribution in [3.05, 3.63) is 0 Å². The van der Waals surface area contributed by atoms with Crippen molar-refractivity contribution in [2.75, 3.05) is 32.7 Å². The van der Waals surface area contributed by atoms with Crippen molar-refractivity contribution in [2.24, 2.45) is 5.92 Å². The first-order valence-corrected chi connectivity index (χ1v) is 6.59. The van der Waals surface area contributed by atoms with Gasteiger partial charge >= 0.3 is 5.97 Å². The van der Waals surface area contributed by atoms with Gasteiger partial charge in [0, 0.05) is 25.7 Å². The molecule has 4 aliphatic heterocycles. The molecule has 0 amide bonds. The monoisotopic (exact) mass is 239 g/mol. The molecular weight excluding hydrogens is 218 g/mol. The molecule has 5 nitrogen and oxygen atoms in total. The molecule has 4 heterocycles. The van der Waals surface area contributed by atoms with Crippen LogP contribution in [0.3, 0.4) is 0 Å². The average Bonchev–Trinajstić information content (AvgIpc) is 2.27. The predicted molar refractivity (Wildman–Crippen MR) is 63.9 cm³/mol. The van der Waals surface area contributed by atoms with Gasteiger partial charge in [-0.15, -0.1) is 0 Å². The van der Waals surface area contributed by atoms with Crippen molar-refractivity contribution in [1.82, 2.24) is 15.5 Å². The van der Waals surface area contributed by atoms with Crippen molar-refractivity contribution < 1.29 is 9.90 Å². The fourth-order valence-electron chi connectivity index (χ4n) is 3.52. The standard InChI is InChI=1S/C12H21N3O2/c16-11(17)5-12(7-13-8-12)14-10-6-15-3-1-9(10)2-4-15/h9-10,13-14H,1-8H2,(H,16,17). The molecule has 96 valence electrons. The zero-order valence-corrected chi connectivity index (χ0v) is 10.1. The molecule has 0 radical (unpaired) electrons. The highest BCUT2D eigenvalue weighted by molar-refractivity contribution is 5.68. The molecule has 1 atom stereocenters. The quantitative estimate of drug-likeness (QED) is 0.616. The van der Waals surface area contributed by atoms with Gasteiger partial charge in [-0.2, -0.15) is 0 Å². The van der Waals surface area contributed by atoms with Crippen LogP contribution in [0.2, 0.25) is 0 Å². The van der Waals surface area contributed by atoms with E-state index in [0.717, 1.165) is 25.6 Å². The maximum atomic E-state index is 10.9. The van der Waals surface area contributed by atoms with Crippen LogP contribution in [0.5, 0.6) is 0 Å². The SMILES string of the molecule is O=C(O)CC1(NC2CN3CCC2CC3)CNC1. The van der Waals surface area contributed by atoms with Gasteiger partial charge in [-0.25, -0.2) is 0 Å². The molecule has 2 bridgehead atoms. The van der Waals surface area contributed by atoms with E-state index in [1.165, 1.54) is 25.9 Å². The molecule has 5 heteroatoms. The van der Waals surface area contributed by atoms with Gasteiger partial charge in [-0.3, -0.25) is 4.79 Å². The van der Waals surface area contributed by atoms with E-state index in [0.29, 0.717) is 6.04 Å². The van der Waals surface area contributed by atoms with Gasteiger partial charge in [-0.1, -0.05) is 0 Å². The zero-order chi connectivity index (χ0) is 11.9. The van der Waals surface area contributed by atoms with Crippen LogP contribution in [-0.2, 0) is 4.79 Å². The highest BCUT2D eigenvalue weighted by atomic mass is 16.4. The van der Waals surface area contributed by atoms with Crippen LogP contribution in [0.25, 0.3) is 0 Å². The van der Waals surface area contributed by atoms with Gasteiger partial charge < -0.3 is 20.6 Å². The molecule has 0 aromatic heterocycles. The number of hydrogen-bond acceptors (Lipinski definition) is 4. The predicted octanol–water partition coefficient (Wildman–Crippen LogP) is -0.513. The molecular formula is C12H21N3O2. The third-order valence-electron chi connectivity index (χ3n) is 4.56. The number of aliphatic carboxylic acids is 1. The third-order valence-corrected chi connectivity index (χ3v) is 4.56. The lowest BCUT2D eigenvalue weighted by Crippen LogP contribution is -2.73. The second-order valence-electron chi connectivity index (χ2n) is 5.84. The number of hydrogen-bond donors (Lipinski definition) is 3. The van der Waals surface area contributed by atoms with Crippen molar-refractivity contribution in [2.45, 2.75) is 30.8 Å². The molecule has 3 N–H and O–H groups in total. The van der Waals surface area contributed by atoms with Gasteiger partial charge in [-0.05, 0) is 31.8 Å². The molecule has 1 unspecified atom stereocenters. The lowest BCUT2D eigenvalue weighted by Gasteiger charge is -2.51. The Balaban J connectivity index is 1.63. The number of carbonyl (C=O) groups is 1. The normalized spacial score (nSPS) is 38.7. The fraction of sp³-hybridized carbons (Fsp3) is 0.917. The minimum atomic E-state index is -0.694. The van der Waals surface area contributed by atoms with Crippen LogP contribution in [0.15, 0.2) is 0 Å². The highest BCUT2D eigenvalue weighted by Gasteiger charge is 2.44. The molecule has 0 saturated carbocycles. The van der Waals surface area contributed by atoms with E-state index < -0.39 is 5.97 Å². The number of carboxylic acids is 1. The van der Waals surface area contributed by atoms with E-state index in [2.05, 4.69) is 15.5 Å². The van der Waals surface area contributed by atoms with E-state index in [9.17, 15) is 4.79 Å². The summed E-state index contributed by atoms with van der Waals surface area (Å²) in [5.74, 6) is 0.0616. The first kappa shape index (κ1) is 11.4. The third kappa shape index (κ3) is 2.19. The highest BCUT2D eigenvalue weighted by Crippen LogP contribution is 2.30. The summed E-state index contributed by atoms with van der Waals surface area (Å²) in [6.07, 6.45) is 2.78. The van der Waals surface area contributed by atoms with Crippen LogP contribution >= 0.6 is 0 Å². The van der Waals surface area contributed by atoms with E-state index in [4.69, 9.17) is 5.11 Å². The van der Waals surface area contributed by atoms with Crippen molar-refractivity contribution in [3.8, 4) is 0 Å². The Morgan fingerprint density at radius 1 is 1.41 bits per heavy atom. The van der Waals surface area contributed by atoms with Gasteiger partial charge in [0.05, 0.1) is 12.0 Å². The molecule has 4 rings (SSSR count). The summed E-state index contributed by atoms with van der Waals surface area (Å²) >= 11 is 0. The van der Waals surface area contributed by atoms with Gasteiger partial charge in [0.2, 0.25) is 0 Å². The Hall–Kier alpha value is -0.650. The van der Waals surface area contributed by atoms with Crippen molar-refractivity contribution >= 4 is 5.97 Å². The Morgan fingerprint density at radius 2 is 2.12 bits per heavy atom. The lowest BCUT2D eigenvalue weighted by molar-refractivity contribution is -0.139. The number of nitrogens with zero attached hydrogens (tertiary/aromatic N) is 1. The van der Waals surface area contributed by atoms with Gasteiger partial charge in [0.25, 0.3) is 0 Å². The van der Waals surface area contributed by atoms with Crippen molar-refractivity contribution in [3.63, 3.8) is 0 Å². The van der Waals surface area contributed by atoms with Crippen LogP contribution in [-0.4, -0.2) is 60.3 Å². The number of carboxylic acid groups (broad SMARTS) is 1. The fourth-order valence-corrected chi connectivity index (χ4v) is 3.52. The molecule has 0 aromatic rings. The summed E-state index contributed by atoms with van der Waals surface area (Å²) in [6, 6.07) is 0.499. The number of nitrogens with one attached hydrogen (secondary N) is 2. The zero-order valence-electron chi connectivity index (χ0n) is 10.1. The number of fused-ring (bicyclic) bond motifs is 3. The minimum absolute atomic E-state index is 0.185. The van der Waals surface area contributed by atoms with E-state index in [1.54, 1.807) is 0 Å². The maximum Gasteiger partial charge on any atom is 0.305 e. The number of piperidine rings is 3. The first-order valence-electron chi connectivity index (χ1n) is 6.59. The average molecular weight is 239 g/mol. The van der Waals surface area contributed by atoms with Crippen molar-refractivity contribution in [1.29, 1.82) is 0 Å². The maximum absolute atomic E-state index is 10.9. The molecule has 17 heavy (non-hydrogen) atoms. The summed E-state index contributed by atoms with van der Waals surface area (Å²) in [5.41, 5.74) is -0.185. The van der Waals surface area contributed by atoms with E-state index in [-0.39, 0.29) is 12.0 Å². The molecule has 0 spiro atoms. The summed E-state index contributed by atoms with van der Waals surface area (Å²) in [5, 5.41) is 15.8.